The number of aliphatic hydroxyl groups is 1. The van der Waals surface area contributed by atoms with Crippen LogP contribution in [0.1, 0.15) is 43.2 Å². The molecule has 2 aliphatic rings. The van der Waals surface area contributed by atoms with Gasteiger partial charge in [0.05, 0.1) is 6.67 Å². The van der Waals surface area contributed by atoms with E-state index in [4.69, 9.17) is 5.11 Å². The molecule has 8 nitrogen and oxygen atoms in total. The SMILES string of the molecule is Cc1ccccc1CN1CN(C2CCCCC2)C(=O)C(C(=O)NCC(=O)O)=C1O. The maximum absolute atomic E-state index is 13.1. The largest absolute Gasteiger partial charge is 0.494 e. The fourth-order valence-electron chi connectivity index (χ4n) is 3.95. The molecule has 0 saturated heterocycles. The second-order valence-electron chi connectivity index (χ2n) is 7.61. The number of aliphatic carboxylic acids is 1. The van der Waals surface area contributed by atoms with Crippen molar-refractivity contribution < 1.29 is 24.6 Å². The number of carboxylic acid groups (broad SMARTS) is 1. The first-order chi connectivity index (χ1) is 13.9. The van der Waals surface area contributed by atoms with E-state index >= 15 is 0 Å². The summed E-state index contributed by atoms with van der Waals surface area (Å²) in [5.41, 5.74) is 1.62. The second kappa shape index (κ2) is 8.98. The highest BCUT2D eigenvalue weighted by atomic mass is 16.4. The van der Waals surface area contributed by atoms with Crippen molar-refractivity contribution in [3.05, 3.63) is 46.8 Å². The summed E-state index contributed by atoms with van der Waals surface area (Å²) < 4.78 is 0. The van der Waals surface area contributed by atoms with Crippen molar-refractivity contribution in [1.29, 1.82) is 0 Å². The van der Waals surface area contributed by atoms with E-state index in [0.29, 0.717) is 6.54 Å². The Labute approximate surface area is 169 Å². The van der Waals surface area contributed by atoms with Gasteiger partial charge in [0.25, 0.3) is 11.8 Å². The van der Waals surface area contributed by atoms with Crippen molar-refractivity contribution in [2.24, 2.45) is 0 Å². The minimum absolute atomic E-state index is 0.00555. The van der Waals surface area contributed by atoms with E-state index in [9.17, 15) is 19.5 Å². The highest BCUT2D eigenvalue weighted by Gasteiger charge is 2.39. The average molecular weight is 401 g/mol. The molecule has 0 radical (unpaired) electrons. The summed E-state index contributed by atoms with van der Waals surface area (Å²) in [5, 5.41) is 21.8. The first-order valence-electron chi connectivity index (χ1n) is 9.92. The number of carboxylic acids is 1. The zero-order valence-corrected chi connectivity index (χ0v) is 16.6. The van der Waals surface area contributed by atoms with Crippen LogP contribution in [0, 0.1) is 6.92 Å². The Balaban J connectivity index is 1.92. The molecule has 2 amide bonds. The van der Waals surface area contributed by atoms with Gasteiger partial charge in [-0.2, -0.15) is 0 Å². The molecule has 1 aliphatic heterocycles. The van der Waals surface area contributed by atoms with E-state index in [0.717, 1.165) is 43.2 Å². The Bertz CT molecular complexity index is 829. The lowest BCUT2D eigenvalue weighted by Gasteiger charge is -2.42. The molecule has 8 heteroatoms. The van der Waals surface area contributed by atoms with Gasteiger partial charge in [-0.1, -0.05) is 43.5 Å². The van der Waals surface area contributed by atoms with Crippen LogP contribution in [-0.2, 0) is 20.9 Å². The fraction of sp³-hybridized carbons (Fsp3) is 0.476. The van der Waals surface area contributed by atoms with Gasteiger partial charge in [-0.15, -0.1) is 0 Å². The molecular formula is C21H27N3O5. The number of rotatable bonds is 6. The average Bonchev–Trinajstić information content (AvgIpc) is 2.70. The zero-order chi connectivity index (χ0) is 21.0. The number of nitrogens with one attached hydrogen (secondary N) is 1. The summed E-state index contributed by atoms with van der Waals surface area (Å²) in [6.45, 7) is 1.87. The van der Waals surface area contributed by atoms with Gasteiger partial charge in [0.2, 0.25) is 5.88 Å². The Morgan fingerprint density at radius 1 is 1.17 bits per heavy atom. The third kappa shape index (κ3) is 4.70. The number of benzene rings is 1. The normalized spacial score (nSPS) is 18.2. The van der Waals surface area contributed by atoms with Gasteiger partial charge in [-0.3, -0.25) is 14.4 Å². The monoisotopic (exact) mass is 401 g/mol. The topological polar surface area (TPSA) is 110 Å². The van der Waals surface area contributed by atoms with E-state index in [2.05, 4.69) is 5.32 Å². The van der Waals surface area contributed by atoms with Crippen LogP contribution in [0.4, 0.5) is 0 Å². The number of nitrogens with zero attached hydrogens (tertiary/aromatic N) is 2. The molecule has 0 spiro atoms. The van der Waals surface area contributed by atoms with Gasteiger partial charge in [0, 0.05) is 12.6 Å². The maximum atomic E-state index is 13.1. The van der Waals surface area contributed by atoms with Crippen LogP contribution in [0.15, 0.2) is 35.7 Å². The summed E-state index contributed by atoms with van der Waals surface area (Å²) in [6.07, 6.45) is 4.87. The zero-order valence-electron chi connectivity index (χ0n) is 16.6. The Kier molecular flexibility index (Phi) is 6.41. The van der Waals surface area contributed by atoms with Crippen molar-refractivity contribution in [3.63, 3.8) is 0 Å². The van der Waals surface area contributed by atoms with Crippen LogP contribution < -0.4 is 5.32 Å². The van der Waals surface area contributed by atoms with Gasteiger partial charge in [-0.05, 0) is 30.9 Å². The van der Waals surface area contributed by atoms with Crippen molar-refractivity contribution in [1.82, 2.24) is 15.1 Å². The highest BCUT2D eigenvalue weighted by Crippen LogP contribution is 2.29. The number of aryl methyl sites for hydroxylation is 1. The van der Waals surface area contributed by atoms with Crippen LogP contribution in [0.5, 0.6) is 0 Å². The number of carbonyl (C=O) groups is 3. The standard InChI is InChI=1S/C21H27N3O5/c1-14-7-5-6-8-15(14)12-23-13-24(16-9-3-2-4-10-16)21(29)18(20(23)28)19(27)22-11-17(25)26/h5-8,16,28H,2-4,9-13H2,1H3,(H,22,27)(H,25,26). The van der Waals surface area contributed by atoms with Crippen molar-refractivity contribution in [2.45, 2.75) is 51.6 Å². The minimum Gasteiger partial charge on any atom is -0.494 e. The molecule has 1 heterocycles. The van der Waals surface area contributed by atoms with Crippen LogP contribution >= 0.6 is 0 Å². The van der Waals surface area contributed by atoms with E-state index < -0.39 is 35.8 Å². The third-order valence-electron chi connectivity index (χ3n) is 5.59. The molecule has 3 N–H and O–H groups in total. The first kappa shape index (κ1) is 20.7. The summed E-state index contributed by atoms with van der Waals surface area (Å²) in [5.74, 6) is -3.04. The Hall–Kier alpha value is -3.03. The fourth-order valence-corrected chi connectivity index (χ4v) is 3.95. The molecule has 156 valence electrons. The predicted molar refractivity (Wildman–Crippen MR) is 106 cm³/mol. The molecule has 1 aliphatic carbocycles. The van der Waals surface area contributed by atoms with Crippen LogP contribution in [-0.4, -0.2) is 57.1 Å². The van der Waals surface area contributed by atoms with E-state index in [1.54, 1.807) is 9.80 Å². The number of carbonyl (C=O) groups excluding carboxylic acids is 2. The maximum Gasteiger partial charge on any atom is 0.322 e. The molecule has 3 rings (SSSR count). The van der Waals surface area contributed by atoms with Crippen LogP contribution in [0.25, 0.3) is 0 Å². The molecule has 1 aromatic rings. The van der Waals surface area contributed by atoms with Crippen molar-refractivity contribution in [2.75, 3.05) is 13.2 Å². The second-order valence-corrected chi connectivity index (χ2v) is 7.61. The Morgan fingerprint density at radius 2 is 1.86 bits per heavy atom. The molecular weight excluding hydrogens is 374 g/mol. The molecule has 1 aromatic carbocycles. The predicted octanol–water partition coefficient (Wildman–Crippen LogP) is 1.90. The lowest BCUT2D eigenvalue weighted by atomic mass is 9.93. The lowest BCUT2D eigenvalue weighted by molar-refractivity contribution is -0.141. The molecule has 1 fully saturated rings. The van der Waals surface area contributed by atoms with Crippen molar-refractivity contribution >= 4 is 17.8 Å². The third-order valence-corrected chi connectivity index (χ3v) is 5.59. The summed E-state index contributed by atoms with van der Waals surface area (Å²) >= 11 is 0. The number of aliphatic hydroxyl groups excluding tert-OH is 1. The van der Waals surface area contributed by atoms with Gasteiger partial charge in [0.1, 0.15) is 6.54 Å². The van der Waals surface area contributed by atoms with Gasteiger partial charge in [-0.25, -0.2) is 0 Å². The highest BCUT2D eigenvalue weighted by molar-refractivity contribution is 6.19. The molecule has 0 bridgehead atoms. The molecule has 0 aromatic heterocycles. The van der Waals surface area contributed by atoms with Crippen LogP contribution in [0.2, 0.25) is 0 Å². The minimum atomic E-state index is -1.22. The summed E-state index contributed by atoms with van der Waals surface area (Å²) in [6, 6.07) is 7.73. The summed E-state index contributed by atoms with van der Waals surface area (Å²) in [7, 11) is 0. The van der Waals surface area contributed by atoms with Gasteiger partial charge >= 0.3 is 5.97 Å². The van der Waals surface area contributed by atoms with E-state index in [1.807, 2.05) is 31.2 Å². The lowest BCUT2D eigenvalue weighted by Crippen LogP contribution is -2.54. The molecule has 1 saturated carbocycles. The molecule has 0 unspecified atom stereocenters. The van der Waals surface area contributed by atoms with Crippen molar-refractivity contribution in [3.8, 4) is 0 Å². The number of amides is 2. The summed E-state index contributed by atoms with van der Waals surface area (Å²) in [4.78, 5) is 39.7. The van der Waals surface area contributed by atoms with Gasteiger partial charge < -0.3 is 25.3 Å². The van der Waals surface area contributed by atoms with Crippen LogP contribution in [0.3, 0.4) is 0 Å². The van der Waals surface area contributed by atoms with E-state index in [1.165, 1.54) is 0 Å². The number of hydrogen-bond acceptors (Lipinski definition) is 5. The van der Waals surface area contributed by atoms with E-state index in [-0.39, 0.29) is 12.7 Å². The number of hydrogen-bond donors (Lipinski definition) is 3. The Morgan fingerprint density at radius 3 is 2.52 bits per heavy atom. The molecule has 0 atom stereocenters. The quantitative estimate of drug-likeness (QED) is 0.628. The molecule has 29 heavy (non-hydrogen) atoms. The first-order valence-corrected chi connectivity index (χ1v) is 9.92. The smallest absolute Gasteiger partial charge is 0.322 e. The van der Waals surface area contributed by atoms with Gasteiger partial charge in [0.15, 0.2) is 5.57 Å².